The van der Waals surface area contributed by atoms with Crippen LogP contribution < -0.4 is 11.2 Å². The molecule has 1 fully saturated rings. The van der Waals surface area contributed by atoms with Crippen molar-refractivity contribution < 1.29 is 0 Å². The van der Waals surface area contributed by atoms with Crippen molar-refractivity contribution in [1.82, 2.24) is 44.6 Å². The Labute approximate surface area is 170 Å². The van der Waals surface area contributed by atoms with E-state index in [1.165, 1.54) is 10.1 Å². The van der Waals surface area contributed by atoms with E-state index in [-0.39, 0.29) is 17.5 Å². The average molecular weight is 407 g/mol. The molecule has 0 saturated carbocycles. The maximum atomic E-state index is 12.5. The van der Waals surface area contributed by atoms with Crippen LogP contribution in [0, 0.1) is 0 Å². The van der Waals surface area contributed by atoms with Crippen molar-refractivity contribution in [3.8, 4) is 5.95 Å². The minimum Gasteiger partial charge on any atom is -0.313 e. The number of nitrogens with one attached hydrogen (secondary N) is 2. The van der Waals surface area contributed by atoms with Crippen molar-refractivity contribution >= 4 is 11.2 Å². The second-order valence-corrected chi connectivity index (χ2v) is 7.44. The van der Waals surface area contributed by atoms with Crippen LogP contribution in [0.3, 0.4) is 0 Å². The van der Waals surface area contributed by atoms with Gasteiger partial charge in [0.1, 0.15) is 0 Å². The molecule has 0 atom stereocenters. The molecule has 1 saturated heterocycles. The number of rotatable bonds is 5. The Balaban J connectivity index is 1.39. The lowest BCUT2D eigenvalue weighted by atomic mass is 10.0. The summed E-state index contributed by atoms with van der Waals surface area (Å²) in [6.45, 7) is 2.88. The molecule has 3 aromatic heterocycles. The van der Waals surface area contributed by atoms with Crippen LogP contribution in [0.25, 0.3) is 17.1 Å². The predicted molar refractivity (Wildman–Crippen MR) is 109 cm³/mol. The number of hydrogen-bond acceptors (Lipinski definition) is 7. The molecule has 30 heavy (non-hydrogen) atoms. The first-order valence-electron chi connectivity index (χ1n) is 9.92. The van der Waals surface area contributed by atoms with Crippen LogP contribution in [0.15, 0.2) is 46.2 Å². The quantitative estimate of drug-likeness (QED) is 0.485. The highest BCUT2D eigenvalue weighted by molar-refractivity contribution is 5.71. The highest BCUT2D eigenvalue weighted by Gasteiger charge is 2.25. The number of H-pyrrole nitrogens is 2. The summed E-state index contributed by atoms with van der Waals surface area (Å²) in [5.41, 5.74) is 0.784. The van der Waals surface area contributed by atoms with E-state index in [4.69, 9.17) is 0 Å². The summed E-state index contributed by atoms with van der Waals surface area (Å²) in [5.74, 6) is 0.0725. The highest BCUT2D eigenvalue weighted by Crippen LogP contribution is 2.26. The third-order valence-corrected chi connectivity index (χ3v) is 5.66. The summed E-state index contributed by atoms with van der Waals surface area (Å²) in [6.07, 6.45) is 4.44. The molecule has 1 aliphatic heterocycles. The van der Waals surface area contributed by atoms with Gasteiger partial charge in [-0.15, -0.1) is 5.10 Å². The van der Waals surface area contributed by atoms with Crippen LogP contribution in [-0.2, 0) is 6.42 Å². The smallest absolute Gasteiger partial charge is 0.313 e. The van der Waals surface area contributed by atoms with Gasteiger partial charge in [0.2, 0.25) is 0 Å². The molecule has 154 valence electrons. The molecule has 11 heteroatoms. The van der Waals surface area contributed by atoms with E-state index in [0.29, 0.717) is 5.65 Å². The van der Waals surface area contributed by atoms with E-state index in [9.17, 15) is 9.59 Å². The Hall–Kier alpha value is -3.60. The number of aromatic nitrogens is 8. The molecule has 0 amide bonds. The third kappa shape index (κ3) is 3.32. The van der Waals surface area contributed by atoms with Crippen LogP contribution >= 0.6 is 0 Å². The highest BCUT2D eigenvalue weighted by atomic mass is 16.2. The maximum Gasteiger partial charge on any atom is 0.337 e. The van der Waals surface area contributed by atoms with Crippen LogP contribution in [0.5, 0.6) is 0 Å². The normalized spacial score (nSPS) is 15.7. The number of likely N-dealkylation sites (tertiary alicyclic amines) is 1. The minimum atomic E-state index is -0.615. The third-order valence-electron chi connectivity index (χ3n) is 5.66. The Morgan fingerprint density at radius 1 is 1.10 bits per heavy atom. The summed E-state index contributed by atoms with van der Waals surface area (Å²) >= 11 is 0. The second kappa shape index (κ2) is 7.67. The number of tetrazole rings is 1. The molecule has 0 aliphatic carbocycles. The molecule has 11 nitrogen and oxygen atoms in total. The average Bonchev–Trinajstić information content (AvgIpc) is 3.44. The van der Waals surface area contributed by atoms with Gasteiger partial charge in [-0.1, -0.05) is 35.4 Å². The molecule has 4 aromatic rings. The SMILES string of the molecule is O=c1[nH]c(=O)n(-c2nn[nH]n2)c2c1ncn2C1CCN(CCc2ccccc2)CC1. The van der Waals surface area contributed by atoms with Gasteiger partial charge in [0.25, 0.3) is 11.5 Å². The summed E-state index contributed by atoms with van der Waals surface area (Å²) in [7, 11) is 0. The number of hydrogen-bond donors (Lipinski definition) is 2. The molecule has 1 aliphatic rings. The van der Waals surface area contributed by atoms with E-state index < -0.39 is 11.2 Å². The van der Waals surface area contributed by atoms with Gasteiger partial charge in [0, 0.05) is 25.7 Å². The minimum absolute atomic E-state index is 0.0725. The first kappa shape index (κ1) is 18.4. The van der Waals surface area contributed by atoms with Gasteiger partial charge < -0.3 is 9.47 Å². The van der Waals surface area contributed by atoms with Gasteiger partial charge in [-0.25, -0.2) is 14.3 Å². The standard InChI is InChI=1S/C19H21N9O2/c29-16-15-17(28(19(30)21-16)18-22-24-25-23-18)27(12-20-15)14-7-10-26(11-8-14)9-6-13-4-2-1-3-5-13/h1-5,12,14H,6-11H2,(H,21,29,30)(H,22,23,24,25). The summed E-state index contributed by atoms with van der Waals surface area (Å²) in [5, 5.41) is 13.7. The van der Waals surface area contributed by atoms with Crippen LogP contribution in [-0.4, -0.2) is 64.3 Å². The predicted octanol–water partition coefficient (Wildman–Crippen LogP) is 0.268. The van der Waals surface area contributed by atoms with Gasteiger partial charge in [0.15, 0.2) is 11.2 Å². The lowest BCUT2D eigenvalue weighted by molar-refractivity contribution is 0.189. The van der Waals surface area contributed by atoms with Gasteiger partial charge in [-0.2, -0.15) is 5.21 Å². The van der Waals surface area contributed by atoms with Crippen molar-refractivity contribution in [1.29, 1.82) is 0 Å². The topological polar surface area (TPSA) is 130 Å². The van der Waals surface area contributed by atoms with Crippen molar-refractivity contribution in [2.24, 2.45) is 0 Å². The number of aromatic amines is 2. The van der Waals surface area contributed by atoms with E-state index in [2.05, 4.69) is 59.8 Å². The Morgan fingerprint density at radius 3 is 2.63 bits per heavy atom. The van der Waals surface area contributed by atoms with Crippen molar-refractivity contribution in [3.05, 3.63) is 63.1 Å². The van der Waals surface area contributed by atoms with Crippen molar-refractivity contribution in [3.63, 3.8) is 0 Å². The molecule has 4 heterocycles. The number of imidazole rings is 1. The second-order valence-electron chi connectivity index (χ2n) is 7.44. The Kier molecular flexibility index (Phi) is 4.71. The fourth-order valence-electron chi connectivity index (χ4n) is 4.10. The Bertz CT molecular complexity index is 1250. The lowest BCUT2D eigenvalue weighted by Gasteiger charge is -2.32. The monoisotopic (exact) mass is 407 g/mol. The van der Waals surface area contributed by atoms with Crippen LogP contribution in [0.1, 0.15) is 24.4 Å². The lowest BCUT2D eigenvalue weighted by Crippen LogP contribution is -2.37. The zero-order valence-corrected chi connectivity index (χ0v) is 16.2. The molecular weight excluding hydrogens is 386 g/mol. The first-order chi connectivity index (χ1) is 14.7. The van der Waals surface area contributed by atoms with Crippen LogP contribution in [0.2, 0.25) is 0 Å². The van der Waals surface area contributed by atoms with E-state index in [1.807, 2.05) is 10.6 Å². The van der Waals surface area contributed by atoms with Gasteiger partial charge >= 0.3 is 5.69 Å². The summed E-state index contributed by atoms with van der Waals surface area (Å²) in [6, 6.07) is 10.6. The fraction of sp³-hybridized carbons (Fsp3) is 0.368. The van der Waals surface area contributed by atoms with E-state index >= 15 is 0 Å². The number of piperidine rings is 1. The van der Waals surface area contributed by atoms with E-state index in [0.717, 1.165) is 38.9 Å². The van der Waals surface area contributed by atoms with Crippen LogP contribution in [0.4, 0.5) is 0 Å². The van der Waals surface area contributed by atoms with Gasteiger partial charge in [0.05, 0.1) is 6.33 Å². The number of benzene rings is 1. The molecule has 0 unspecified atom stereocenters. The Morgan fingerprint density at radius 2 is 1.90 bits per heavy atom. The molecule has 0 radical (unpaired) electrons. The van der Waals surface area contributed by atoms with E-state index in [1.54, 1.807) is 6.33 Å². The van der Waals surface area contributed by atoms with Crippen molar-refractivity contribution in [2.75, 3.05) is 19.6 Å². The van der Waals surface area contributed by atoms with Gasteiger partial charge in [-0.3, -0.25) is 9.78 Å². The molecule has 2 N–H and O–H groups in total. The van der Waals surface area contributed by atoms with Crippen molar-refractivity contribution in [2.45, 2.75) is 25.3 Å². The zero-order chi connectivity index (χ0) is 20.5. The number of fused-ring (bicyclic) bond motifs is 1. The van der Waals surface area contributed by atoms with Gasteiger partial charge in [-0.05, 0) is 30.0 Å². The molecule has 0 bridgehead atoms. The number of nitrogens with zero attached hydrogens (tertiary/aromatic N) is 7. The maximum absolute atomic E-state index is 12.5. The fourth-order valence-corrected chi connectivity index (χ4v) is 4.10. The largest absolute Gasteiger partial charge is 0.337 e. The molecule has 0 spiro atoms. The first-order valence-corrected chi connectivity index (χ1v) is 9.92. The summed E-state index contributed by atoms with van der Waals surface area (Å²) < 4.78 is 3.14. The molecule has 1 aromatic carbocycles. The zero-order valence-electron chi connectivity index (χ0n) is 16.2. The summed E-state index contributed by atoms with van der Waals surface area (Å²) in [4.78, 5) is 33.7. The molecular formula is C19H21N9O2. The molecule has 5 rings (SSSR count).